The van der Waals surface area contributed by atoms with Crippen LogP contribution >= 0.6 is 11.8 Å². The number of carbonyl (C=O) groups is 1. The summed E-state index contributed by atoms with van der Waals surface area (Å²) in [5.41, 5.74) is 6.43. The predicted molar refractivity (Wildman–Crippen MR) is 128 cm³/mol. The molecule has 1 atom stereocenters. The Morgan fingerprint density at radius 1 is 1.03 bits per heavy atom. The Morgan fingerprint density at radius 2 is 1.84 bits per heavy atom. The molecule has 2 aliphatic rings. The number of carbonyl (C=O) groups excluding carboxylic acids is 1. The summed E-state index contributed by atoms with van der Waals surface area (Å²) >= 11 is 1.51. The van der Waals surface area contributed by atoms with Crippen LogP contribution in [-0.4, -0.2) is 15.8 Å². The van der Waals surface area contributed by atoms with E-state index >= 15 is 0 Å². The molecule has 2 heterocycles. The molecule has 2 N–H and O–H groups in total. The first-order valence-corrected chi connectivity index (χ1v) is 11.9. The summed E-state index contributed by atoms with van der Waals surface area (Å²) in [6, 6.07) is 16.4. The molecule has 5 nitrogen and oxygen atoms in total. The highest BCUT2D eigenvalue weighted by atomic mass is 32.2. The van der Waals surface area contributed by atoms with Crippen molar-refractivity contribution in [1.82, 2.24) is 9.97 Å². The fourth-order valence-electron chi connectivity index (χ4n) is 4.53. The third-order valence-electron chi connectivity index (χ3n) is 6.11. The van der Waals surface area contributed by atoms with E-state index in [1.165, 1.54) is 22.9 Å². The summed E-state index contributed by atoms with van der Waals surface area (Å²) in [5.74, 6) is 1.02. The number of hydrogen-bond acceptors (Lipinski definition) is 5. The van der Waals surface area contributed by atoms with Gasteiger partial charge in [-0.2, -0.15) is 0 Å². The van der Waals surface area contributed by atoms with Gasteiger partial charge in [-0.15, -0.1) is 0 Å². The molecule has 0 saturated heterocycles. The summed E-state index contributed by atoms with van der Waals surface area (Å²) < 4.78 is 0. The molecule has 1 aromatic heterocycles. The molecule has 1 aliphatic heterocycles. The van der Waals surface area contributed by atoms with Crippen molar-refractivity contribution in [3.8, 4) is 0 Å². The minimum Gasteiger partial charge on any atom is -0.343 e. The summed E-state index contributed by atoms with van der Waals surface area (Å²) in [7, 11) is 0. The molecule has 3 aromatic rings. The zero-order chi connectivity index (χ0) is 22.2. The molecule has 0 radical (unpaired) electrons. The lowest BCUT2D eigenvalue weighted by molar-refractivity contribution is -0.116. The standard InChI is InChI=1S/C26H25N3O2S/c1-15-9-11-17(12-10-15)14-32-26-28-24-23(25(31)29-26)21(18-6-3-5-16(2)13-18)22-19(27-24)7-4-8-20(22)30/h3,5-6,9-13,21H,4,7-8,14H2,1-2H3,(H2,27,28,29,31). The van der Waals surface area contributed by atoms with Gasteiger partial charge in [0.05, 0.1) is 5.56 Å². The molecule has 0 saturated carbocycles. The van der Waals surface area contributed by atoms with Crippen LogP contribution in [0.1, 0.15) is 53.0 Å². The zero-order valence-corrected chi connectivity index (χ0v) is 19.0. The Hall–Kier alpha value is -3.12. The maximum atomic E-state index is 13.3. The van der Waals surface area contributed by atoms with Gasteiger partial charge in [-0.1, -0.05) is 71.4 Å². The lowest BCUT2D eigenvalue weighted by Gasteiger charge is -2.32. The zero-order valence-electron chi connectivity index (χ0n) is 18.2. The number of nitrogens with one attached hydrogen (secondary N) is 2. The van der Waals surface area contributed by atoms with Crippen molar-refractivity contribution in [3.63, 3.8) is 0 Å². The van der Waals surface area contributed by atoms with Gasteiger partial charge in [0.15, 0.2) is 10.9 Å². The number of aromatic nitrogens is 2. The number of benzene rings is 2. The molecule has 162 valence electrons. The lowest BCUT2D eigenvalue weighted by Crippen LogP contribution is -2.32. The van der Waals surface area contributed by atoms with Gasteiger partial charge in [-0.25, -0.2) is 4.98 Å². The van der Waals surface area contributed by atoms with Gasteiger partial charge >= 0.3 is 0 Å². The number of ketones is 1. The number of rotatable bonds is 4. The van der Waals surface area contributed by atoms with Crippen LogP contribution in [0.4, 0.5) is 5.82 Å². The van der Waals surface area contributed by atoms with Crippen molar-refractivity contribution in [1.29, 1.82) is 0 Å². The highest BCUT2D eigenvalue weighted by molar-refractivity contribution is 7.98. The number of nitrogens with zero attached hydrogens (tertiary/aromatic N) is 1. The number of thioether (sulfide) groups is 1. The molecule has 0 spiro atoms. The van der Waals surface area contributed by atoms with Gasteiger partial charge in [0.2, 0.25) is 0 Å². The Labute approximate surface area is 191 Å². The van der Waals surface area contributed by atoms with Crippen LogP contribution < -0.4 is 10.9 Å². The molecule has 32 heavy (non-hydrogen) atoms. The van der Waals surface area contributed by atoms with E-state index in [1.807, 2.05) is 25.1 Å². The minimum atomic E-state index is -0.388. The fourth-order valence-corrected chi connectivity index (χ4v) is 5.34. The van der Waals surface area contributed by atoms with Crippen molar-refractivity contribution < 1.29 is 4.79 Å². The Bertz CT molecular complexity index is 1290. The van der Waals surface area contributed by atoms with Gasteiger partial charge < -0.3 is 10.3 Å². The number of H-pyrrole nitrogens is 1. The third kappa shape index (κ3) is 3.91. The first kappa shape index (κ1) is 20.8. The normalized spacial score (nSPS) is 17.6. The molecule has 0 bridgehead atoms. The monoisotopic (exact) mass is 443 g/mol. The second-order valence-corrected chi connectivity index (χ2v) is 9.51. The number of Topliss-reactive ketones (excluding diaryl/α,β-unsaturated/α-hetero) is 1. The van der Waals surface area contributed by atoms with Crippen LogP contribution in [0.25, 0.3) is 0 Å². The van der Waals surface area contributed by atoms with E-state index < -0.39 is 0 Å². The Morgan fingerprint density at radius 3 is 2.62 bits per heavy atom. The number of hydrogen-bond donors (Lipinski definition) is 2. The van der Waals surface area contributed by atoms with E-state index in [0.29, 0.717) is 23.0 Å². The second kappa shape index (κ2) is 8.43. The molecular formula is C26H25N3O2S. The van der Waals surface area contributed by atoms with Crippen molar-refractivity contribution in [2.45, 2.75) is 49.9 Å². The molecule has 0 amide bonds. The maximum Gasteiger partial charge on any atom is 0.257 e. The van der Waals surface area contributed by atoms with Gasteiger partial charge in [-0.05, 0) is 37.8 Å². The molecule has 1 unspecified atom stereocenters. The predicted octanol–water partition coefficient (Wildman–Crippen LogP) is 5.24. The first-order valence-electron chi connectivity index (χ1n) is 10.9. The van der Waals surface area contributed by atoms with Crippen molar-refractivity contribution in [2.75, 3.05) is 5.32 Å². The quantitative estimate of drug-likeness (QED) is 0.426. The van der Waals surface area contributed by atoms with Crippen LogP contribution in [0, 0.1) is 13.8 Å². The van der Waals surface area contributed by atoms with Gasteiger partial charge in [0, 0.05) is 29.4 Å². The summed E-state index contributed by atoms with van der Waals surface area (Å²) in [6.45, 7) is 4.09. The van der Waals surface area contributed by atoms with Crippen LogP contribution in [0.2, 0.25) is 0 Å². The van der Waals surface area contributed by atoms with E-state index in [-0.39, 0.29) is 17.3 Å². The first-order chi connectivity index (χ1) is 15.5. The van der Waals surface area contributed by atoms with Crippen molar-refractivity contribution in [3.05, 3.63) is 98.0 Å². The van der Waals surface area contributed by atoms with E-state index in [1.54, 1.807) is 0 Å². The Balaban J connectivity index is 1.55. The SMILES string of the molecule is Cc1ccc(CSc2nc3c(c(=O)[nH]2)C(c2cccc(C)c2)C2=C(CCCC2=O)N3)cc1. The number of anilines is 1. The van der Waals surface area contributed by atoms with E-state index in [4.69, 9.17) is 4.98 Å². The average molecular weight is 444 g/mol. The molecule has 6 heteroatoms. The third-order valence-corrected chi connectivity index (χ3v) is 7.05. The maximum absolute atomic E-state index is 13.3. The minimum absolute atomic E-state index is 0.119. The lowest BCUT2D eigenvalue weighted by atomic mass is 9.76. The van der Waals surface area contributed by atoms with Crippen LogP contribution in [0.3, 0.4) is 0 Å². The number of fused-ring (bicyclic) bond motifs is 1. The largest absolute Gasteiger partial charge is 0.343 e. The number of aromatic amines is 1. The number of allylic oxidation sites excluding steroid dienone is 2. The fraction of sp³-hybridized carbons (Fsp3) is 0.269. The summed E-state index contributed by atoms with van der Waals surface area (Å²) in [5, 5.41) is 3.92. The summed E-state index contributed by atoms with van der Waals surface area (Å²) in [6.07, 6.45) is 2.13. The van der Waals surface area contributed by atoms with Crippen LogP contribution in [0.5, 0.6) is 0 Å². The topological polar surface area (TPSA) is 74.8 Å². The second-order valence-electron chi connectivity index (χ2n) is 8.55. The van der Waals surface area contributed by atoms with E-state index in [2.05, 4.69) is 47.6 Å². The van der Waals surface area contributed by atoms with E-state index in [0.717, 1.165) is 41.0 Å². The van der Waals surface area contributed by atoms with Crippen molar-refractivity contribution >= 4 is 23.4 Å². The average Bonchev–Trinajstić information content (AvgIpc) is 2.77. The summed E-state index contributed by atoms with van der Waals surface area (Å²) in [4.78, 5) is 34.0. The highest BCUT2D eigenvalue weighted by Gasteiger charge is 2.37. The highest BCUT2D eigenvalue weighted by Crippen LogP contribution is 2.43. The van der Waals surface area contributed by atoms with Crippen molar-refractivity contribution in [2.24, 2.45) is 0 Å². The molecular weight excluding hydrogens is 418 g/mol. The van der Waals surface area contributed by atoms with Crippen LogP contribution in [-0.2, 0) is 10.5 Å². The number of aryl methyl sites for hydroxylation is 2. The Kier molecular flexibility index (Phi) is 5.47. The molecule has 0 fully saturated rings. The molecule has 2 aromatic carbocycles. The van der Waals surface area contributed by atoms with Crippen LogP contribution in [0.15, 0.2) is 69.8 Å². The van der Waals surface area contributed by atoms with Gasteiger partial charge in [0.1, 0.15) is 5.82 Å². The molecule has 5 rings (SSSR count). The van der Waals surface area contributed by atoms with E-state index in [9.17, 15) is 9.59 Å². The van der Waals surface area contributed by atoms with Gasteiger partial charge in [-0.3, -0.25) is 9.59 Å². The smallest absolute Gasteiger partial charge is 0.257 e. The van der Waals surface area contributed by atoms with Gasteiger partial charge in [0.25, 0.3) is 5.56 Å². The molecule has 1 aliphatic carbocycles.